The number of anilines is 3. The van der Waals surface area contributed by atoms with Crippen LogP contribution in [0.2, 0.25) is 0 Å². The van der Waals surface area contributed by atoms with Gasteiger partial charge in [-0.3, -0.25) is 0 Å². The van der Waals surface area contributed by atoms with Gasteiger partial charge in [-0.15, -0.1) is 0 Å². The van der Waals surface area contributed by atoms with Crippen molar-refractivity contribution in [1.29, 1.82) is 0 Å². The van der Waals surface area contributed by atoms with E-state index in [1.54, 1.807) is 0 Å². The standard InChI is InChI=1S/C13H24N6O2/c14-11-16-12(15-5-3-1-2-4-8-20)18-13(17-11)19-6-9-21-10-7-19/h20H,1-10H2,(H3,14,15,16,17,18). The van der Waals surface area contributed by atoms with Gasteiger partial charge in [0.15, 0.2) is 0 Å². The molecule has 0 unspecified atom stereocenters. The summed E-state index contributed by atoms with van der Waals surface area (Å²) in [7, 11) is 0. The summed E-state index contributed by atoms with van der Waals surface area (Å²) in [6.07, 6.45) is 3.99. The van der Waals surface area contributed by atoms with Crippen LogP contribution in [0.5, 0.6) is 0 Å². The van der Waals surface area contributed by atoms with E-state index in [1.165, 1.54) is 0 Å². The maximum absolute atomic E-state index is 8.72. The molecule has 1 aliphatic rings. The number of aliphatic hydroxyl groups excluding tert-OH is 1. The summed E-state index contributed by atoms with van der Waals surface area (Å²) in [5.41, 5.74) is 5.75. The van der Waals surface area contributed by atoms with E-state index in [0.29, 0.717) is 25.1 Å². The second-order valence-electron chi connectivity index (χ2n) is 4.98. The van der Waals surface area contributed by atoms with Crippen LogP contribution < -0.4 is 16.0 Å². The highest BCUT2D eigenvalue weighted by Gasteiger charge is 2.15. The summed E-state index contributed by atoms with van der Waals surface area (Å²) >= 11 is 0. The third-order valence-electron chi connectivity index (χ3n) is 3.30. The molecule has 0 spiro atoms. The number of nitrogens with zero attached hydrogens (tertiary/aromatic N) is 4. The van der Waals surface area contributed by atoms with Crippen LogP contribution in [0.3, 0.4) is 0 Å². The molecule has 0 amide bonds. The Morgan fingerprint density at radius 1 is 1.10 bits per heavy atom. The van der Waals surface area contributed by atoms with Crippen molar-refractivity contribution in [2.75, 3.05) is 55.4 Å². The average molecular weight is 296 g/mol. The first-order valence-electron chi connectivity index (χ1n) is 7.48. The van der Waals surface area contributed by atoms with Gasteiger partial charge in [0.1, 0.15) is 0 Å². The van der Waals surface area contributed by atoms with Gasteiger partial charge >= 0.3 is 0 Å². The zero-order valence-electron chi connectivity index (χ0n) is 12.3. The number of aliphatic hydroxyl groups is 1. The highest BCUT2D eigenvalue weighted by Crippen LogP contribution is 2.13. The smallest absolute Gasteiger partial charge is 0.232 e. The van der Waals surface area contributed by atoms with E-state index in [0.717, 1.165) is 45.3 Å². The number of nitrogen functional groups attached to an aromatic ring is 1. The molecule has 2 rings (SSSR count). The Hall–Kier alpha value is -1.67. The number of hydrogen-bond acceptors (Lipinski definition) is 8. The van der Waals surface area contributed by atoms with Crippen LogP contribution in [0, 0.1) is 0 Å². The number of ether oxygens (including phenoxy) is 1. The topological polar surface area (TPSA) is 109 Å². The molecule has 8 heteroatoms. The van der Waals surface area contributed by atoms with Gasteiger partial charge in [-0.05, 0) is 12.8 Å². The van der Waals surface area contributed by atoms with Crippen molar-refractivity contribution in [3.63, 3.8) is 0 Å². The van der Waals surface area contributed by atoms with E-state index < -0.39 is 0 Å². The SMILES string of the molecule is Nc1nc(NCCCCCCO)nc(N2CCOCC2)n1. The fourth-order valence-corrected chi connectivity index (χ4v) is 2.16. The Labute approximate surface area is 124 Å². The van der Waals surface area contributed by atoms with Crippen LogP contribution in [0.15, 0.2) is 0 Å². The van der Waals surface area contributed by atoms with Crippen molar-refractivity contribution in [3.8, 4) is 0 Å². The van der Waals surface area contributed by atoms with Gasteiger partial charge in [-0.1, -0.05) is 12.8 Å². The number of unbranched alkanes of at least 4 members (excludes halogenated alkanes) is 3. The zero-order chi connectivity index (χ0) is 14.9. The average Bonchev–Trinajstić information content (AvgIpc) is 2.51. The summed E-state index contributed by atoms with van der Waals surface area (Å²) in [4.78, 5) is 14.8. The molecule has 0 radical (unpaired) electrons. The lowest BCUT2D eigenvalue weighted by molar-refractivity contribution is 0.122. The van der Waals surface area contributed by atoms with E-state index in [1.807, 2.05) is 4.90 Å². The molecular formula is C13H24N6O2. The molecule has 0 bridgehead atoms. The van der Waals surface area contributed by atoms with Crippen molar-refractivity contribution in [2.24, 2.45) is 0 Å². The fourth-order valence-electron chi connectivity index (χ4n) is 2.16. The molecule has 0 atom stereocenters. The molecule has 1 saturated heterocycles. The van der Waals surface area contributed by atoms with Crippen LogP contribution in [-0.2, 0) is 4.74 Å². The van der Waals surface area contributed by atoms with Gasteiger partial charge in [0.2, 0.25) is 17.8 Å². The van der Waals surface area contributed by atoms with Crippen molar-refractivity contribution in [1.82, 2.24) is 15.0 Å². The Bertz CT molecular complexity index is 425. The van der Waals surface area contributed by atoms with E-state index in [4.69, 9.17) is 15.6 Å². The van der Waals surface area contributed by atoms with Gasteiger partial charge in [0.25, 0.3) is 0 Å². The molecule has 0 aromatic carbocycles. The maximum Gasteiger partial charge on any atom is 0.232 e. The molecule has 1 aromatic heterocycles. The number of aromatic nitrogens is 3. The first-order chi connectivity index (χ1) is 10.3. The Morgan fingerprint density at radius 3 is 2.62 bits per heavy atom. The van der Waals surface area contributed by atoms with Crippen LogP contribution >= 0.6 is 0 Å². The lowest BCUT2D eigenvalue weighted by Gasteiger charge is -2.26. The second kappa shape index (κ2) is 8.58. The van der Waals surface area contributed by atoms with E-state index >= 15 is 0 Å². The number of nitrogens with two attached hydrogens (primary N) is 1. The van der Waals surface area contributed by atoms with Crippen LogP contribution in [0.4, 0.5) is 17.8 Å². The minimum atomic E-state index is 0.231. The predicted octanol–water partition coefficient (Wildman–Crippen LogP) is 0.255. The normalized spacial score (nSPS) is 15.2. The van der Waals surface area contributed by atoms with E-state index in [9.17, 15) is 0 Å². The quantitative estimate of drug-likeness (QED) is 0.586. The van der Waals surface area contributed by atoms with Gasteiger partial charge in [0.05, 0.1) is 13.2 Å². The molecule has 1 aliphatic heterocycles. The molecule has 21 heavy (non-hydrogen) atoms. The summed E-state index contributed by atoms with van der Waals surface area (Å²) in [6.45, 7) is 3.95. The summed E-state index contributed by atoms with van der Waals surface area (Å²) in [5.74, 6) is 1.36. The molecule has 4 N–H and O–H groups in total. The van der Waals surface area contributed by atoms with Crippen molar-refractivity contribution in [3.05, 3.63) is 0 Å². The number of nitrogens with one attached hydrogen (secondary N) is 1. The van der Waals surface area contributed by atoms with Crippen LogP contribution in [0.1, 0.15) is 25.7 Å². The molecule has 1 aromatic rings. The lowest BCUT2D eigenvalue weighted by Crippen LogP contribution is -2.37. The molecule has 0 aliphatic carbocycles. The summed E-state index contributed by atoms with van der Waals surface area (Å²) in [6, 6.07) is 0. The summed E-state index contributed by atoms with van der Waals surface area (Å²) in [5, 5.41) is 11.9. The fraction of sp³-hybridized carbons (Fsp3) is 0.769. The third-order valence-corrected chi connectivity index (χ3v) is 3.30. The van der Waals surface area contributed by atoms with Crippen molar-refractivity contribution in [2.45, 2.75) is 25.7 Å². The predicted molar refractivity (Wildman–Crippen MR) is 81.3 cm³/mol. The molecule has 1 fully saturated rings. The Balaban J connectivity index is 1.83. The van der Waals surface area contributed by atoms with Gasteiger partial charge < -0.3 is 25.8 Å². The largest absolute Gasteiger partial charge is 0.396 e. The minimum Gasteiger partial charge on any atom is -0.396 e. The van der Waals surface area contributed by atoms with Gasteiger partial charge in [0, 0.05) is 26.2 Å². The Morgan fingerprint density at radius 2 is 1.86 bits per heavy atom. The summed E-state index contributed by atoms with van der Waals surface area (Å²) < 4.78 is 5.32. The monoisotopic (exact) mass is 296 g/mol. The molecule has 2 heterocycles. The lowest BCUT2D eigenvalue weighted by atomic mass is 10.2. The van der Waals surface area contributed by atoms with Crippen LogP contribution in [-0.4, -0.2) is 59.5 Å². The first-order valence-corrected chi connectivity index (χ1v) is 7.48. The molecule has 118 valence electrons. The number of rotatable bonds is 8. The maximum atomic E-state index is 8.72. The number of morpholine rings is 1. The molecule has 8 nitrogen and oxygen atoms in total. The van der Waals surface area contributed by atoms with Gasteiger partial charge in [-0.2, -0.15) is 15.0 Å². The second-order valence-corrected chi connectivity index (χ2v) is 4.98. The van der Waals surface area contributed by atoms with E-state index in [-0.39, 0.29) is 12.6 Å². The third kappa shape index (κ3) is 5.31. The molecular weight excluding hydrogens is 272 g/mol. The van der Waals surface area contributed by atoms with E-state index in [2.05, 4.69) is 20.3 Å². The highest BCUT2D eigenvalue weighted by molar-refractivity contribution is 5.42. The highest BCUT2D eigenvalue weighted by atomic mass is 16.5. The van der Waals surface area contributed by atoms with Crippen molar-refractivity contribution < 1.29 is 9.84 Å². The Kier molecular flexibility index (Phi) is 6.42. The molecule has 0 saturated carbocycles. The van der Waals surface area contributed by atoms with Crippen molar-refractivity contribution >= 4 is 17.8 Å². The van der Waals surface area contributed by atoms with Crippen LogP contribution in [0.25, 0.3) is 0 Å². The minimum absolute atomic E-state index is 0.231. The van der Waals surface area contributed by atoms with Gasteiger partial charge in [-0.25, -0.2) is 0 Å². The zero-order valence-corrected chi connectivity index (χ0v) is 12.3. The number of hydrogen-bond donors (Lipinski definition) is 3. The first kappa shape index (κ1) is 15.7.